The second kappa shape index (κ2) is 5.06. The summed E-state index contributed by atoms with van der Waals surface area (Å²) in [5, 5.41) is 9.09. The Hall–Kier alpha value is -1.60. The van der Waals surface area contributed by atoms with Crippen molar-refractivity contribution in [1.82, 2.24) is 0 Å². The molecule has 7 heteroatoms. The number of rotatable bonds is 4. The highest BCUT2D eigenvalue weighted by Gasteiger charge is 2.41. The molecule has 1 aliphatic heterocycles. The smallest absolute Gasteiger partial charge is 0.325 e. The Bertz CT molecular complexity index is 612. The van der Waals surface area contributed by atoms with Crippen LogP contribution in [0.4, 0.5) is 5.69 Å². The molecular formula is C13H18N2O4S. The Labute approximate surface area is 118 Å². The fourth-order valence-corrected chi connectivity index (χ4v) is 3.14. The highest BCUT2D eigenvalue weighted by molar-refractivity contribution is 7.91. The Morgan fingerprint density at radius 3 is 2.45 bits per heavy atom. The summed E-state index contributed by atoms with van der Waals surface area (Å²) in [5.74, 6) is -0.953. The standard InChI is InChI=1S/C13H18N2O4S/c1-2-20(18,19)11-5-3-10(4-6-11)15-8-7-13(14,9-15)12(16)17/h3-6H,2,7-9,14H2,1H3,(H,16,17). The molecule has 0 bridgehead atoms. The minimum atomic E-state index is -3.21. The lowest BCUT2D eigenvalue weighted by Crippen LogP contribution is -2.50. The van der Waals surface area contributed by atoms with Gasteiger partial charge in [0.2, 0.25) is 0 Å². The molecule has 1 aromatic carbocycles. The first-order chi connectivity index (χ1) is 9.28. The molecule has 1 atom stereocenters. The summed E-state index contributed by atoms with van der Waals surface area (Å²) in [6.07, 6.45) is 0.372. The van der Waals surface area contributed by atoms with Gasteiger partial charge in [0.1, 0.15) is 5.54 Å². The first-order valence-corrected chi connectivity index (χ1v) is 8.04. The van der Waals surface area contributed by atoms with E-state index in [1.807, 2.05) is 4.90 Å². The lowest BCUT2D eigenvalue weighted by molar-refractivity contribution is -0.142. The van der Waals surface area contributed by atoms with Crippen LogP contribution >= 0.6 is 0 Å². The van der Waals surface area contributed by atoms with Gasteiger partial charge in [0, 0.05) is 18.8 Å². The van der Waals surface area contributed by atoms with E-state index in [9.17, 15) is 13.2 Å². The molecule has 0 spiro atoms. The van der Waals surface area contributed by atoms with Crippen LogP contribution in [0.5, 0.6) is 0 Å². The number of sulfone groups is 1. The molecule has 3 N–H and O–H groups in total. The van der Waals surface area contributed by atoms with Gasteiger partial charge in [-0.05, 0) is 30.7 Å². The van der Waals surface area contributed by atoms with Gasteiger partial charge in [-0.15, -0.1) is 0 Å². The second-order valence-corrected chi connectivity index (χ2v) is 7.31. The van der Waals surface area contributed by atoms with Crippen molar-refractivity contribution in [3.05, 3.63) is 24.3 Å². The zero-order valence-electron chi connectivity index (χ0n) is 11.2. The number of hydrogen-bond donors (Lipinski definition) is 2. The summed E-state index contributed by atoms with van der Waals surface area (Å²) in [5.41, 5.74) is 5.37. The second-order valence-electron chi connectivity index (χ2n) is 5.03. The summed E-state index contributed by atoms with van der Waals surface area (Å²) >= 11 is 0. The molecule has 20 heavy (non-hydrogen) atoms. The van der Waals surface area contributed by atoms with Gasteiger partial charge in [0.15, 0.2) is 9.84 Å². The van der Waals surface area contributed by atoms with Crippen molar-refractivity contribution in [2.75, 3.05) is 23.7 Å². The minimum Gasteiger partial charge on any atom is -0.480 e. The van der Waals surface area contributed by atoms with Crippen molar-refractivity contribution in [2.45, 2.75) is 23.8 Å². The topological polar surface area (TPSA) is 101 Å². The molecule has 0 saturated carbocycles. The maximum Gasteiger partial charge on any atom is 0.325 e. The number of carboxylic acid groups (broad SMARTS) is 1. The van der Waals surface area contributed by atoms with Gasteiger partial charge in [-0.3, -0.25) is 4.79 Å². The van der Waals surface area contributed by atoms with E-state index in [2.05, 4.69) is 0 Å². The van der Waals surface area contributed by atoms with Gasteiger partial charge >= 0.3 is 5.97 Å². The normalized spacial score (nSPS) is 23.0. The number of nitrogens with zero attached hydrogens (tertiary/aromatic N) is 1. The lowest BCUT2D eigenvalue weighted by Gasteiger charge is -2.21. The van der Waals surface area contributed by atoms with E-state index in [1.165, 1.54) is 0 Å². The minimum absolute atomic E-state index is 0.0565. The summed E-state index contributed by atoms with van der Waals surface area (Å²) in [6, 6.07) is 6.48. The molecule has 1 aliphatic rings. The largest absolute Gasteiger partial charge is 0.480 e. The first kappa shape index (κ1) is 14.8. The van der Waals surface area contributed by atoms with Gasteiger partial charge in [0.05, 0.1) is 10.6 Å². The molecule has 0 amide bonds. The number of aliphatic carboxylic acids is 1. The Morgan fingerprint density at radius 2 is 2.00 bits per heavy atom. The van der Waals surface area contributed by atoms with Gasteiger partial charge in [-0.25, -0.2) is 8.42 Å². The summed E-state index contributed by atoms with van der Waals surface area (Å²) < 4.78 is 23.4. The van der Waals surface area contributed by atoms with Crippen molar-refractivity contribution in [3.63, 3.8) is 0 Å². The fraction of sp³-hybridized carbons (Fsp3) is 0.462. The van der Waals surface area contributed by atoms with Crippen molar-refractivity contribution < 1.29 is 18.3 Å². The zero-order chi connectivity index (χ0) is 15.0. The summed E-state index contributed by atoms with van der Waals surface area (Å²) in [7, 11) is -3.21. The van der Waals surface area contributed by atoms with E-state index in [1.54, 1.807) is 31.2 Å². The average Bonchev–Trinajstić information content (AvgIpc) is 2.83. The van der Waals surface area contributed by atoms with E-state index in [0.717, 1.165) is 5.69 Å². The molecule has 0 aromatic heterocycles. The molecule has 1 fully saturated rings. The summed E-state index contributed by atoms with van der Waals surface area (Å²) in [6.45, 7) is 2.37. The van der Waals surface area contributed by atoms with Gasteiger partial charge in [0.25, 0.3) is 0 Å². The van der Waals surface area contributed by atoms with Gasteiger partial charge in [-0.1, -0.05) is 6.92 Å². The first-order valence-electron chi connectivity index (χ1n) is 6.38. The highest BCUT2D eigenvalue weighted by atomic mass is 32.2. The quantitative estimate of drug-likeness (QED) is 0.838. The van der Waals surface area contributed by atoms with Crippen LogP contribution in [0.25, 0.3) is 0 Å². The predicted octanol–water partition coefficient (Wildman–Crippen LogP) is 0.472. The van der Waals surface area contributed by atoms with Crippen molar-refractivity contribution in [3.8, 4) is 0 Å². The predicted molar refractivity (Wildman–Crippen MR) is 75.6 cm³/mol. The SMILES string of the molecule is CCS(=O)(=O)c1ccc(N2CCC(N)(C(=O)O)C2)cc1. The number of benzene rings is 1. The molecule has 0 radical (unpaired) electrons. The van der Waals surface area contributed by atoms with Crippen LogP contribution in [-0.4, -0.2) is 43.9 Å². The number of hydrogen-bond acceptors (Lipinski definition) is 5. The van der Waals surface area contributed by atoms with Crippen LogP contribution in [0.1, 0.15) is 13.3 Å². The van der Waals surface area contributed by atoms with E-state index in [0.29, 0.717) is 13.0 Å². The maximum absolute atomic E-state index is 11.7. The van der Waals surface area contributed by atoms with E-state index >= 15 is 0 Å². The molecule has 1 aromatic rings. The molecule has 6 nitrogen and oxygen atoms in total. The van der Waals surface area contributed by atoms with E-state index in [-0.39, 0.29) is 17.2 Å². The van der Waals surface area contributed by atoms with Crippen LogP contribution in [0.15, 0.2) is 29.2 Å². The van der Waals surface area contributed by atoms with Crippen LogP contribution in [-0.2, 0) is 14.6 Å². The van der Waals surface area contributed by atoms with Crippen LogP contribution in [0, 0.1) is 0 Å². The third-order valence-electron chi connectivity index (χ3n) is 3.67. The highest BCUT2D eigenvalue weighted by Crippen LogP contribution is 2.26. The third kappa shape index (κ3) is 2.64. The molecule has 1 heterocycles. The molecular weight excluding hydrogens is 280 g/mol. The monoisotopic (exact) mass is 298 g/mol. The van der Waals surface area contributed by atoms with E-state index in [4.69, 9.17) is 10.8 Å². The molecule has 1 unspecified atom stereocenters. The number of carboxylic acids is 1. The average molecular weight is 298 g/mol. The third-order valence-corrected chi connectivity index (χ3v) is 5.42. The van der Waals surface area contributed by atoms with Crippen molar-refractivity contribution in [1.29, 1.82) is 0 Å². The maximum atomic E-state index is 11.7. The zero-order valence-corrected chi connectivity index (χ0v) is 12.1. The van der Waals surface area contributed by atoms with Crippen LogP contribution in [0.2, 0.25) is 0 Å². The Morgan fingerprint density at radius 1 is 1.40 bits per heavy atom. The lowest BCUT2D eigenvalue weighted by atomic mass is 10.0. The number of nitrogens with two attached hydrogens (primary N) is 1. The fourth-order valence-electron chi connectivity index (χ4n) is 2.26. The summed E-state index contributed by atoms with van der Waals surface area (Å²) in [4.78, 5) is 13.2. The van der Waals surface area contributed by atoms with Gasteiger partial charge < -0.3 is 15.7 Å². The number of anilines is 1. The number of carbonyl (C=O) groups is 1. The molecule has 1 saturated heterocycles. The van der Waals surface area contributed by atoms with Gasteiger partial charge in [-0.2, -0.15) is 0 Å². The van der Waals surface area contributed by atoms with Crippen molar-refractivity contribution in [2.24, 2.45) is 5.73 Å². The van der Waals surface area contributed by atoms with Crippen LogP contribution in [0.3, 0.4) is 0 Å². The molecule has 0 aliphatic carbocycles. The Kier molecular flexibility index (Phi) is 3.75. The van der Waals surface area contributed by atoms with Crippen molar-refractivity contribution >= 4 is 21.5 Å². The molecule has 2 rings (SSSR count). The van der Waals surface area contributed by atoms with Crippen LogP contribution < -0.4 is 10.6 Å². The Balaban J connectivity index is 2.19. The molecule has 110 valence electrons. The van der Waals surface area contributed by atoms with E-state index < -0.39 is 21.3 Å².